The SMILES string of the molecule is CCc1cc2c(O)cccc2[nH]1. The highest BCUT2D eigenvalue weighted by atomic mass is 16.3. The van der Waals surface area contributed by atoms with E-state index in [0.717, 1.165) is 23.0 Å². The molecule has 2 heteroatoms. The highest BCUT2D eigenvalue weighted by Gasteiger charge is 2.01. The van der Waals surface area contributed by atoms with Crippen molar-refractivity contribution in [1.82, 2.24) is 4.98 Å². The predicted molar refractivity (Wildman–Crippen MR) is 49.3 cm³/mol. The number of benzene rings is 1. The highest BCUT2D eigenvalue weighted by Crippen LogP contribution is 2.24. The highest BCUT2D eigenvalue weighted by molar-refractivity contribution is 5.86. The molecule has 0 unspecified atom stereocenters. The molecule has 0 amide bonds. The van der Waals surface area contributed by atoms with Crippen molar-refractivity contribution in [1.29, 1.82) is 0 Å². The van der Waals surface area contributed by atoms with Gasteiger partial charge in [0.05, 0.1) is 0 Å². The number of nitrogens with one attached hydrogen (secondary N) is 1. The quantitative estimate of drug-likeness (QED) is 0.662. The summed E-state index contributed by atoms with van der Waals surface area (Å²) < 4.78 is 0. The lowest BCUT2D eigenvalue weighted by Crippen LogP contribution is -1.74. The van der Waals surface area contributed by atoms with E-state index in [1.165, 1.54) is 0 Å². The molecule has 0 fully saturated rings. The van der Waals surface area contributed by atoms with Gasteiger partial charge >= 0.3 is 0 Å². The molecule has 0 aliphatic carbocycles. The van der Waals surface area contributed by atoms with Crippen molar-refractivity contribution in [2.24, 2.45) is 0 Å². The van der Waals surface area contributed by atoms with E-state index in [-0.39, 0.29) is 0 Å². The molecule has 0 radical (unpaired) electrons. The number of rotatable bonds is 1. The van der Waals surface area contributed by atoms with Crippen LogP contribution in [0.2, 0.25) is 0 Å². The Bertz CT molecular complexity index is 403. The normalized spacial score (nSPS) is 10.8. The molecule has 1 heterocycles. The number of hydrogen-bond acceptors (Lipinski definition) is 1. The zero-order valence-electron chi connectivity index (χ0n) is 6.96. The van der Waals surface area contributed by atoms with E-state index in [4.69, 9.17) is 0 Å². The third-order valence-corrected chi connectivity index (χ3v) is 2.08. The van der Waals surface area contributed by atoms with Gasteiger partial charge in [0.2, 0.25) is 0 Å². The van der Waals surface area contributed by atoms with Gasteiger partial charge in [-0.1, -0.05) is 13.0 Å². The molecule has 62 valence electrons. The number of aryl methyl sites for hydroxylation is 1. The topological polar surface area (TPSA) is 36.0 Å². The van der Waals surface area contributed by atoms with Crippen LogP contribution in [-0.2, 0) is 6.42 Å². The first-order valence-electron chi connectivity index (χ1n) is 4.11. The van der Waals surface area contributed by atoms with Crippen LogP contribution < -0.4 is 0 Å². The Labute approximate surface area is 70.8 Å². The van der Waals surface area contributed by atoms with E-state index in [0.29, 0.717) is 5.75 Å². The van der Waals surface area contributed by atoms with Crippen molar-refractivity contribution in [2.45, 2.75) is 13.3 Å². The largest absolute Gasteiger partial charge is 0.507 e. The molecule has 12 heavy (non-hydrogen) atoms. The fourth-order valence-corrected chi connectivity index (χ4v) is 1.39. The lowest BCUT2D eigenvalue weighted by Gasteiger charge is -1.91. The molecule has 2 N–H and O–H groups in total. The number of phenols is 1. The van der Waals surface area contributed by atoms with Crippen LogP contribution in [0.4, 0.5) is 0 Å². The number of phenolic OH excluding ortho intramolecular Hbond substituents is 1. The molecule has 0 spiro atoms. The van der Waals surface area contributed by atoms with Crippen molar-refractivity contribution in [3.8, 4) is 5.75 Å². The number of fused-ring (bicyclic) bond motifs is 1. The van der Waals surface area contributed by atoms with Gasteiger partial charge in [0, 0.05) is 16.6 Å². The van der Waals surface area contributed by atoms with E-state index in [9.17, 15) is 5.11 Å². The van der Waals surface area contributed by atoms with Crippen LogP contribution in [-0.4, -0.2) is 10.1 Å². The summed E-state index contributed by atoms with van der Waals surface area (Å²) in [5, 5.41) is 10.4. The minimum atomic E-state index is 0.350. The minimum absolute atomic E-state index is 0.350. The van der Waals surface area contributed by atoms with E-state index in [1.807, 2.05) is 18.2 Å². The Morgan fingerprint density at radius 1 is 1.42 bits per heavy atom. The van der Waals surface area contributed by atoms with Crippen molar-refractivity contribution >= 4 is 10.9 Å². The first-order valence-corrected chi connectivity index (χ1v) is 4.11. The van der Waals surface area contributed by atoms with Crippen LogP contribution in [0.15, 0.2) is 24.3 Å². The van der Waals surface area contributed by atoms with Crippen molar-refractivity contribution in [2.75, 3.05) is 0 Å². The van der Waals surface area contributed by atoms with Crippen LogP contribution in [0, 0.1) is 0 Å². The second-order valence-electron chi connectivity index (χ2n) is 2.89. The van der Waals surface area contributed by atoms with E-state index < -0.39 is 0 Å². The number of aromatic nitrogens is 1. The Kier molecular flexibility index (Phi) is 1.54. The Morgan fingerprint density at radius 3 is 2.92 bits per heavy atom. The van der Waals surface area contributed by atoms with Gasteiger partial charge < -0.3 is 10.1 Å². The zero-order valence-corrected chi connectivity index (χ0v) is 6.96. The van der Waals surface area contributed by atoms with Crippen LogP contribution in [0.5, 0.6) is 5.75 Å². The number of aromatic amines is 1. The number of hydrogen-bond donors (Lipinski definition) is 2. The average molecular weight is 161 g/mol. The molecule has 2 rings (SSSR count). The molecule has 0 bridgehead atoms. The summed E-state index contributed by atoms with van der Waals surface area (Å²) in [6.07, 6.45) is 0.966. The van der Waals surface area contributed by atoms with Crippen molar-refractivity contribution in [3.63, 3.8) is 0 Å². The second kappa shape index (κ2) is 2.55. The number of aromatic hydroxyl groups is 1. The molecule has 1 aromatic heterocycles. The smallest absolute Gasteiger partial charge is 0.124 e. The minimum Gasteiger partial charge on any atom is -0.507 e. The third kappa shape index (κ3) is 0.961. The van der Waals surface area contributed by atoms with Crippen LogP contribution in [0.25, 0.3) is 10.9 Å². The number of H-pyrrole nitrogens is 1. The first kappa shape index (κ1) is 7.22. The third-order valence-electron chi connectivity index (χ3n) is 2.08. The summed E-state index contributed by atoms with van der Waals surface area (Å²) >= 11 is 0. The second-order valence-corrected chi connectivity index (χ2v) is 2.89. The van der Waals surface area contributed by atoms with Crippen LogP contribution in [0.1, 0.15) is 12.6 Å². The van der Waals surface area contributed by atoms with Crippen molar-refractivity contribution < 1.29 is 5.11 Å². The lowest BCUT2D eigenvalue weighted by atomic mass is 10.2. The fourth-order valence-electron chi connectivity index (χ4n) is 1.39. The molecule has 0 saturated heterocycles. The fraction of sp³-hybridized carbons (Fsp3) is 0.200. The van der Waals surface area contributed by atoms with Crippen molar-refractivity contribution in [3.05, 3.63) is 30.0 Å². The maximum atomic E-state index is 9.46. The molecule has 2 aromatic rings. The Balaban J connectivity index is 2.74. The summed E-state index contributed by atoms with van der Waals surface area (Å²) in [6, 6.07) is 7.50. The summed E-state index contributed by atoms with van der Waals surface area (Å²) in [4.78, 5) is 3.23. The van der Waals surface area contributed by atoms with Crippen LogP contribution >= 0.6 is 0 Å². The first-order chi connectivity index (χ1) is 5.81. The molecule has 0 atom stereocenters. The predicted octanol–water partition coefficient (Wildman–Crippen LogP) is 2.44. The molecule has 1 aromatic carbocycles. The summed E-state index contributed by atoms with van der Waals surface area (Å²) in [5.74, 6) is 0.350. The molecule has 0 saturated carbocycles. The summed E-state index contributed by atoms with van der Waals surface area (Å²) in [6.45, 7) is 2.09. The van der Waals surface area contributed by atoms with E-state index >= 15 is 0 Å². The summed E-state index contributed by atoms with van der Waals surface area (Å²) in [5.41, 5.74) is 2.17. The average Bonchev–Trinajstić information content (AvgIpc) is 2.49. The van der Waals surface area contributed by atoms with Gasteiger partial charge in [0.1, 0.15) is 5.75 Å². The van der Waals surface area contributed by atoms with Gasteiger partial charge in [-0.2, -0.15) is 0 Å². The maximum absolute atomic E-state index is 9.46. The maximum Gasteiger partial charge on any atom is 0.124 e. The molecule has 0 aliphatic rings. The summed E-state index contributed by atoms with van der Waals surface area (Å²) in [7, 11) is 0. The van der Waals surface area contributed by atoms with Gasteiger partial charge in [-0.25, -0.2) is 0 Å². The molecular formula is C10H11NO. The van der Waals surface area contributed by atoms with E-state index in [1.54, 1.807) is 6.07 Å². The zero-order chi connectivity index (χ0) is 8.55. The van der Waals surface area contributed by atoms with Gasteiger partial charge in [-0.15, -0.1) is 0 Å². The van der Waals surface area contributed by atoms with Gasteiger partial charge in [-0.05, 0) is 24.6 Å². The van der Waals surface area contributed by atoms with Gasteiger partial charge in [-0.3, -0.25) is 0 Å². The van der Waals surface area contributed by atoms with E-state index in [2.05, 4.69) is 11.9 Å². The molecule has 0 aliphatic heterocycles. The standard InChI is InChI=1S/C10H11NO/c1-2-7-6-8-9(11-7)4-3-5-10(8)12/h3-6,11-12H,2H2,1H3. The van der Waals surface area contributed by atoms with Crippen LogP contribution in [0.3, 0.4) is 0 Å². The molecule has 2 nitrogen and oxygen atoms in total. The Morgan fingerprint density at radius 2 is 2.25 bits per heavy atom. The van der Waals surface area contributed by atoms with Gasteiger partial charge in [0.15, 0.2) is 0 Å². The van der Waals surface area contributed by atoms with Gasteiger partial charge in [0.25, 0.3) is 0 Å². The lowest BCUT2D eigenvalue weighted by molar-refractivity contribution is 0.481. The monoisotopic (exact) mass is 161 g/mol. The molecular weight excluding hydrogens is 150 g/mol. The Hall–Kier alpha value is -1.44.